The highest BCUT2D eigenvalue weighted by Gasteiger charge is 2.15. The van der Waals surface area contributed by atoms with Crippen molar-refractivity contribution < 1.29 is 13.2 Å². The van der Waals surface area contributed by atoms with E-state index in [0.717, 1.165) is 4.88 Å². The molecule has 0 bridgehead atoms. The molecule has 7 heteroatoms. The Hall–Kier alpha value is -1.70. The van der Waals surface area contributed by atoms with Crippen LogP contribution in [-0.2, 0) is 10.0 Å². The summed E-state index contributed by atoms with van der Waals surface area (Å²) in [6, 6.07) is 9.58. The third kappa shape index (κ3) is 3.90. The normalized spacial score (nSPS) is 12.9. The number of aryl methyl sites for hydroxylation is 1. The van der Waals surface area contributed by atoms with Crippen LogP contribution in [0.1, 0.15) is 33.1 Å². The predicted molar refractivity (Wildman–Crippen MR) is 82.8 cm³/mol. The molecule has 0 radical (unpaired) electrons. The van der Waals surface area contributed by atoms with Crippen LogP contribution < -0.4 is 10.5 Å². The Labute approximate surface area is 127 Å². The molecule has 21 heavy (non-hydrogen) atoms. The predicted octanol–water partition coefficient (Wildman–Crippen LogP) is 2.19. The monoisotopic (exact) mass is 324 g/mol. The highest BCUT2D eigenvalue weighted by Crippen LogP contribution is 2.19. The van der Waals surface area contributed by atoms with Crippen LogP contribution in [-0.4, -0.2) is 14.3 Å². The van der Waals surface area contributed by atoms with E-state index in [2.05, 4.69) is 5.32 Å². The minimum atomic E-state index is -3.75. The molecule has 2 rings (SSSR count). The Morgan fingerprint density at radius 1 is 1.29 bits per heavy atom. The zero-order chi connectivity index (χ0) is 15.6. The molecule has 1 atom stereocenters. The number of rotatable bonds is 4. The molecule has 0 spiro atoms. The van der Waals surface area contributed by atoms with Crippen LogP contribution in [0.3, 0.4) is 0 Å². The summed E-state index contributed by atoms with van der Waals surface area (Å²) in [6.45, 7) is 3.72. The summed E-state index contributed by atoms with van der Waals surface area (Å²) < 4.78 is 22.7. The topological polar surface area (TPSA) is 89.3 Å². The number of benzene rings is 1. The first-order chi connectivity index (χ1) is 9.77. The van der Waals surface area contributed by atoms with Crippen LogP contribution in [0.4, 0.5) is 0 Å². The van der Waals surface area contributed by atoms with Crippen molar-refractivity contribution in [3.63, 3.8) is 0 Å². The second-order valence-electron chi connectivity index (χ2n) is 4.72. The van der Waals surface area contributed by atoms with Crippen LogP contribution >= 0.6 is 11.3 Å². The third-order valence-electron chi connectivity index (χ3n) is 3.00. The number of hydrogen-bond acceptors (Lipinski definition) is 4. The van der Waals surface area contributed by atoms with E-state index in [1.54, 1.807) is 25.1 Å². The maximum absolute atomic E-state index is 12.1. The van der Waals surface area contributed by atoms with Gasteiger partial charge in [0.05, 0.1) is 15.8 Å². The molecule has 1 aromatic carbocycles. The molecule has 5 nitrogen and oxygen atoms in total. The molecule has 2 aromatic rings. The van der Waals surface area contributed by atoms with Gasteiger partial charge in [-0.3, -0.25) is 4.79 Å². The van der Waals surface area contributed by atoms with Gasteiger partial charge in [-0.25, -0.2) is 13.6 Å². The molecule has 0 aliphatic carbocycles. The molecule has 1 heterocycles. The van der Waals surface area contributed by atoms with Crippen molar-refractivity contribution in [2.75, 3.05) is 0 Å². The molecule has 0 aliphatic heterocycles. The Morgan fingerprint density at radius 2 is 2.00 bits per heavy atom. The van der Waals surface area contributed by atoms with Gasteiger partial charge in [0.1, 0.15) is 0 Å². The van der Waals surface area contributed by atoms with Gasteiger partial charge in [0.25, 0.3) is 5.91 Å². The minimum absolute atomic E-state index is 0.0352. The lowest BCUT2D eigenvalue weighted by Gasteiger charge is -2.14. The van der Waals surface area contributed by atoms with E-state index in [-0.39, 0.29) is 16.8 Å². The van der Waals surface area contributed by atoms with Gasteiger partial charge in [0.15, 0.2) is 0 Å². The molecule has 3 N–H and O–H groups in total. The number of primary sulfonamides is 1. The molecule has 0 saturated carbocycles. The van der Waals surface area contributed by atoms with E-state index < -0.39 is 10.0 Å². The van der Waals surface area contributed by atoms with E-state index in [9.17, 15) is 13.2 Å². The molecule has 0 saturated heterocycles. The summed E-state index contributed by atoms with van der Waals surface area (Å²) in [6.07, 6.45) is 0. The zero-order valence-corrected chi connectivity index (χ0v) is 13.3. The highest BCUT2D eigenvalue weighted by atomic mass is 32.2. The number of nitrogens with one attached hydrogen (secondary N) is 1. The van der Waals surface area contributed by atoms with E-state index in [4.69, 9.17) is 5.14 Å². The second-order valence-corrected chi connectivity index (χ2v) is 7.57. The summed E-state index contributed by atoms with van der Waals surface area (Å²) in [5.41, 5.74) is 0.683. The summed E-state index contributed by atoms with van der Waals surface area (Å²) in [5.74, 6) is -0.179. The van der Waals surface area contributed by atoms with Gasteiger partial charge in [-0.15, -0.1) is 11.3 Å². The van der Waals surface area contributed by atoms with E-state index in [0.29, 0.717) is 10.4 Å². The van der Waals surface area contributed by atoms with E-state index in [1.807, 2.05) is 13.0 Å². The van der Waals surface area contributed by atoms with Crippen molar-refractivity contribution in [3.05, 3.63) is 51.7 Å². The lowest BCUT2D eigenvalue weighted by molar-refractivity contribution is 0.0944. The quantitative estimate of drug-likeness (QED) is 0.903. The first kappa shape index (κ1) is 15.7. The Balaban J connectivity index is 2.17. The maximum Gasteiger partial charge on any atom is 0.261 e. The van der Waals surface area contributed by atoms with Crippen molar-refractivity contribution in [1.82, 2.24) is 5.32 Å². The Morgan fingerprint density at radius 3 is 2.57 bits per heavy atom. The van der Waals surface area contributed by atoms with Crippen LogP contribution in [0.25, 0.3) is 0 Å². The molecular weight excluding hydrogens is 308 g/mol. The molecular formula is C14H16N2O3S2. The van der Waals surface area contributed by atoms with Crippen molar-refractivity contribution in [2.24, 2.45) is 5.14 Å². The molecule has 0 aliphatic rings. The standard InChI is InChI=1S/C14H16N2O3S2/c1-9-6-7-13(20-9)14(17)16-10(2)11-4-3-5-12(8-11)21(15,18)19/h3-8,10H,1-2H3,(H,16,17)(H2,15,18,19). The van der Waals surface area contributed by atoms with Gasteiger partial charge in [-0.2, -0.15) is 0 Å². The number of nitrogens with two attached hydrogens (primary N) is 1. The van der Waals surface area contributed by atoms with Gasteiger partial charge < -0.3 is 5.32 Å². The zero-order valence-electron chi connectivity index (χ0n) is 11.7. The fraction of sp³-hybridized carbons (Fsp3) is 0.214. The number of thiophene rings is 1. The van der Waals surface area contributed by atoms with Crippen LogP contribution in [0.2, 0.25) is 0 Å². The van der Waals surface area contributed by atoms with Crippen molar-refractivity contribution in [3.8, 4) is 0 Å². The summed E-state index contributed by atoms with van der Waals surface area (Å²) in [4.78, 5) is 13.8. The van der Waals surface area contributed by atoms with Crippen molar-refractivity contribution in [2.45, 2.75) is 24.8 Å². The first-order valence-electron chi connectivity index (χ1n) is 6.27. The second kappa shape index (κ2) is 5.97. The summed E-state index contributed by atoms with van der Waals surface area (Å²) >= 11 is 1.41. The fourth-order valence-electron chi connectivity index (χ4n) is 1.87. The average Bonchev–Trinajstić information content (AvgIpc) is 2.84. The molecule has 0 fully saturated rings. The summed E-state index contributed by atoms with van der Waals surface area (Å²) in [7, 11) is -3.75. The lowest BCUT2D eigenvalue weighted by Crippen LogP contribution is -2.26. The smallest absolute Gasteiger partial charge is 0.261 e. The Bertz CT molecular complexity index is 766. The maximum atomic E-state index is 12.1. The van der Waals surface area contributed by atoms with Crippen LogP contribution in [0.15, 0.2) is 41.3 Å². The Kier molecular flexibility index (Phi) is 4.46. The number of sulfonamides is 1. The summed E-state index contributed by atoms with van der Waals surface area (Å²) in [5, 5.41) is 7.95. The van der Waals surface area contributed by atoms with E-state index >= 15 is 0 Å². The molecule has 1 amide bonds. The first-order valence-corrected chi connectivity index (χ1v) is 8.64. The van der Waals surface area contributed by atoms with Gasteiger partial charge in [0.2, 0.25) is 10.0 Å². The van der Waals surface area contributed by atoms with Gasteiger partial charge in [0, 0.05) is 4.88 Å². The average molecular weight is 324 g/mol. The number of amides is 1. The lowest BCUT2D eigenvalue weighted by atomic mass is 10.1. The van der Waals surface area contributed by atoms with Crippen molar-refractivity contribution in [1.29, 1.82) is 0 Å². The van der Waals surface area contributed by atoms with Gasteiger partial charge >= 0.3 is 0 Å². The number of carbonyl (C=O) groups excluding carboxylic acids is 1. The number of hydrogen-bond donors (Lipinski definition) is 2. The van der Waals surface area contributed by atoms with E-state index in [1.165, 1.54) is 23.5 Å². The molecule has 1 aromatic heterocycles. The van der Waals surface area contributed by atoms with Crippen LogP contribution in [0.5, 0.6) is 0 Å². The van der Waals surface area contributed by atoms with Gasteiger partial charge in [-0.05, 0) is 43.7 Å². The minimum Gasteiger partial charge on any atom is -0.345 e. The molecule has 1 unspecified atom stereocenters. The number of carbonyl (C=O) groups is 1. The highest BCUT2D eigenvalue weighted by molar-refractivity contribution is 7.89. The fourth-order valence-corrected chi connectivity index (χ4v) is 3.21. The van der Waals surface area contributed by atoms with Crippen LogP contribution in [0, 0.1) is 6.92 Å². The largest absolute Gasteiger partial charge is 0.345 e. The third-order valence-corrected chi connectivity index (χ3v) is 4.91. The molecule has 112 valence electrons. The van der Waals surface area contributed by atoms with Crippen molar-refractivity contribution >= 4 is 27.3 Å². The van der Waals surface area contributed by atoms with Gasteiger partial charge in [-0.1, -0.05) is 12.1 Å². The SMILES string of the molecule is Cc1ccc(C(=O)NC(C)c2cccc(S(N)(=O)=O)c2)s1.